The lowest BCUT2D eigenvalue weighted by molar-refractivity contribution is -0.122. The Kier molecular flexibility index (Phi) is 5.60. The van der Waals surface area contributed by atoms with E-state index in [0.29, 0.717) is 5.56 Å². The highest BCUT2D eigenvalue weighted by molar-refractivity contribution is 5.90. The van der Waals surface area contributed by atoms with Crippen molar-refractivity contribution in [1.29, 1.82) is 0 Å². The van der Waals surface area contributed by atoms with Gasteiger partial charge in [-0.15, -0.1) is 0 Å². The molecule has 0 saturated carbocycles. The largest absolute Gasteiger partial charge is 0.459 e. The molecule has 136 valence electrons. The first-order valence-corrected chi connectivity index (χ1v) is 8.02. The van der Waals surface area contributed by atoms with E-state index < -0.39 is 36.6 Å². The molecule has 1 aliphatic heterocycles. The van der Waals surface area contributed by atoms with Crippen molar-refractivity contribution in [2.75, 3.05) is 6.61 Å². The Morgan fingerprint density at radius 2 is 1.50 bits per heavy atom. The number of carbonyl (C=O) groups excluding carboxylic acids is 2. The van der Waals surface area contributed by atoms with Crippen molar-refractivity contribution >= 4 is 11.9 Å². The first-order chi connectivity index (χ1) is 12.6. The van der Waals surface area contributed by atoms with E-state index in [-0.39, 0.29) is 12.2 Å². The van der Waals surface area contributed by atoms with Gasteiger partial charge in [-0.2, -0.15) is 0 Å². The van der Waals surface area contributed by atoms with Gasteiger partial charge in [0, 0.05) is 0 Å². The van der Waals surface area contributed by atoms with Crippen molar-refractivity contribution in [2.24, 2.45) is 0 Å². The molecule has 1 fully saturated rings. The summed E-state index contributed by atoms with van der Waals surface area (Å²) in [6.45, 7) is -0.363. The molecule has 0 aromatic heterocycles. The van der Waals surface area contributed by atoms with Crippen LogP contribution in [0.4, 0.5) is 4.39 Å². The van der Waals surface area contributed by atoms with Gasteiger partial charge in [0.2, 0.25) is 0 Å². The molecule has 0 bridgehead atoms. The second kappa shape index (κ2) is 8.07. The molecule has 1 saturated heterocycles. The van der Waals surface area contributed by atoms with Gasteiger partial charge in [0.1, 0.15) is 12.7 Å². The number of aliphatic hydroxyl groups is 1. The number of alkyl halides is 1. The molecule has 1 aliphatic rings. The fraction of sp³-hybridized carbons (Fsp3) is 0.263. The van der Waals surface area contributed by atoms with Crippen LogP contribution in [0.2, 0.25) is 0 Å². The predicted octanol–water partition coefficient (Wildman–Crippen LogP) is 2.12. The molecule has 1 N–H and O–H groups in total. The lowest BCUT2D eigenvalue weighted by atomic mass is 10.1. The highest BCUT2D eigenvalue weighted by atomic mass is 19.1. The maximum Gasteiger partial charge on any atom is 0.338 e. The quantitative estimate of drug-likeness (QED) is 0.823. The monoisotopic (exact) mass is 360 g/mol. The average molecular weight is 360 g/mol. The molecule has 26 heavy (non-hydrogen) atoms. The smallest absolute Gasteiger partial charge is 0.338 e. The van der Waals surface area contributed by atoms with Gasteiger partial charge in [-0.25, -0.2) is 14.0 Å². The molecule has 1 heterocycles. The number of ether oxygens (including phenoxy) is 3. The maximum absolute atomic E-state index is 14.2. The van der Waals surface area contributed by atoms with Crippen LogP contribution in [0.3, 0.4) is 0 Å². The summed E-state index contributed by atoms with van der Waals surface area (Å²) in [5.74, 6) is -1.38. The number of benzene rings is 2. The molecule has 6 nitrogen and oxygen atoms in total. The Balaban J connectivity index is 1.63. The molecule has 2 aromatic carbocycles. The molecule has 2 aromatic rings. The number of hydrogen-bond donors (Lipinski definition) is 1. The molecular formula is C19H17FO6. The number of rotatable bonds is 5. The van der Waals surface area contributed by atoms with Crippen LogP contribution in [-0.4, -0.2) is 48.3 Å². The molecule has 0 radical (unpaired) electrons. The van der Waals surface area contributed by atoms with Crippen LogP contribution in [0, 0.1) is 0 Å². The highest BCUT2D eigenvalue weighted by Crippen LogP contribution is 2.26. The highest BCUT2D eigenvalue weighted by Gasteiger charge is 2.47. The van der Waals surface area contributed by atoms with Crippen molar-refractivity contribution in [1.82, 2.24) is 0 Å². The maximum atomic E-state index is 14.2. The number of carbonyl (C=O) groups is 2. The predicted molar refractivity (Wildman–Crippen MR) is 88.1 cm³/mol. The first-order valence-electron chi connectivity index (χ1n) is 8.02. The van der Waals surface area contributed by atoms with E-state index in [1.54, 1.807) is 48.5 Å². The normalized spacial score (nSPS) is 24.8. The van der Waals surface area contributed by atoms with Crippen LogP contribution in [0.15, 0.2) is 60.7 Å². The average Bonchev–Trinajstić information content (AvgIpc) is 2.95. The van der Waals surface area contributed by atoms with Crippen molar-refractivity contribution in [3.05, 3.63) is 71.8 Å². The summed E-state index contributed by atoms with van der Waals surface area (Å²) >= 11 is 0. The number of aliphatic hydroxyl groups excluding tert-OH is 1. The van der Waals surface area contributed by atoms with Gasteiger partial charge in [0.25, 0.3) is 0 Å². The Hall–Kier alpha value is -2.77. The molecule has 3 rings (SSSR count). The number of halogens is 1. The summed E-state index contributed by atoms with van der Waals surface area (Å²) in [5.41, 5.74) is 0.557. The minimum absolute atomic E-state index is 0.237. The molecule has 0 unspecified atom stereocenters. The van der Waals surface area contributed by atoms with Crippen molar-refractivity contribution in [3.63, 3.8) is 0 Å². The van der Waals surface area contributed by atoms with Gasteiger partial charge in [0.05, 0.1) is 11.1 Å². The Morgan fingerprint density at radius 1 is 0.962 bits per heavy atom. The van der Waals surface area contributed by atoms with Crippen LogP contribution in [-0.2, 0) is 14.2 Å². The van der Waals surface area contributed by atoms with Crippen molar-refractivity contribution in [2.45, 2.75) is 24.7 Å². The summed E-state index contributed by atoms with van der Waals surface area (Å²) in [6.07, 6.45) is -6.20. The number of hydrogen-bond acceptors (Lipinski definition) is 6. The van der Waals surface area contributed by atoms with E-state index in [0.717, 1.165) is 0 Å². The van der Waals surface area contributed by atoms with Crippen molar-refractivity contribution in [3.8, 4) is 0 Å². The third kappa shape index (κ3) is 4.07. The summed E-state index contributed by atoms with van der Waals surface area (Å²) in [7, 11) is 0. The summed E-state index contributed by atoms with van der Waals surface area (Å²) < 4.78 is 29.4. The van der Waals surface area contributed by atoms with Crippen LogP contribution in [0.1, 0.15) is 20.7 Å². The topological polar surface area (TPSA) is 82.1 Å². The zero-order chi connectivity index (χ0) is 18.5. The second-order valence-electron chi connectivity index (χ2n) is 5.71. The van der Waals surface area contributed by atoms with Gasteiger partial charge < -0.3 is 19.3 Å². The Labute approximate surface area is 149 Å². The van der Waals surface area contributed by atoms with Crippen LogP contribution < -0.4 is 0 Å². The fourth-order valence-corrected chi connectivity index (χ4v) is 2.56. The van der Waals surface area contributed by atoms with Gasteiger partial charge >= 0.3 is 11.9 Å². The first kappa shape index (κ1) is 18.0. The van der Waals surface area contributed by atoms with Crippen LogP contribution in [0.5, 0.6) is 0 Å². The van der Waals surface area contributed by atoms with Gasteiger partial charge in [0.15, 0.2) is 18.6 Å². The van der Waals surface area contributed by atoms with Gasteiger partial charge in [-0.1, -0.05) is 36.4 Å². The lowest BCUT2D eigenvalue weighted by Crippen LogP contribution is -2.37. The van der Waals surface area contributed by atoms with Crippen LogP contribution >= 0.6 is 0 Å². The van der Waals surface area contributed by atoms with Crippen molar-refractivity contribution < 1.29 is 33.3 Å². The fourth-order valence-electron chi connectivity index (χ4n) is 2.56. The minimum atomic E-state index is -1.94. The van der Waals surface area contributed by atoms with E-state index in [1.807, 2.05) is 0 Å². The standard InChI is InChI=1S/C19H17FO6/c20-15-16(26-18(22)13-9-5-2-6-10-13)14(25-19(15)23)11-24-17(21)12-7-3-1-4-8-12/h1-10,14-16,19,23H,11H2/t14-,15+,16+,19-/m1/s1. The van der Waals surface area contributed by atoms with E-state index >= 15 is 0 Å². The molecular weight excluding hydrogens is 343 g/mol. The summed E-state index contributed by atoms with van der Waals surface area (Å²) in [5, 5.41) is 9.58. The van der Waals surface area contributed by atoms with E-state index in [2.05, 4.69) is 0 Å². The molecule has 0 amide bonds. The third-order valence-corrected chi connectivity index (χ3v) is 3.91. The Bertz CT molecular complexity index is 751. The second-order valence-corrected chi connectivity index (χ2v) is 5.71. The molecule has 4 atom stereocenters. The van der Waals surface area contributed by atoms with Gasteiger partial charge in [-0.3, -0.25) is 0 Å². The molecule has 0 aliphatic carbocycles. The lowest BCUT2D eigenvalue weighted by Gasteiger charge is -2.19. The third-order valence-electron chi connectivity index (χ3n) is 3.91. The number of esters is 2. The zero-order valence-corrected chi connectivity index (χ0v) is 13.7. The van der Waals surface area contributed by atoms with Gasteiger partial charge in [-0.05, 0) is 24.3 Å². The summed E-state index contributed by atoms with van der Waals surface area (Å²) in [4.78, 5) is 24.1. The Morgan fingerprint density at radius 3 is 2.08 bits per heavy atom. The van der Waals surface area contributed by atoms with Crippen LogP contribution in [0.25, 0.3) is 0 Å². The minimum Gasteiger partial charge on any atom is -0.459 e. The summed E-state index contributed by atoms with van der Waals surface area (Å²) in [6, 6.07) is 16.3. The van der Waals surface area contributed by atoms with E-state index in [1.165, 1.54) is 12.1 Å². The van der Waals surface area contributed by atoms with E-state index in [9.17, 15) is 19.1 Å². The molecule has 7 heteroatoms. The molecule has 0 spiro atoms. The SMILES string of the molecule is O=C(OC[C@H]1O[C@@H](O)[C@@H](F)[C@H]1OC(=O)c1ccccc1)c1ccccc1. The van der Waals surface area contributed by atoms with E-state index in [4.69, 9.17) is 14.2 Å². The zero-order valence-electron chi connectivity index (χ0n) is 13.7.